The number of amides is 1. The predicted molar refractivity (Wildman–Crippen MR) is 144 cm³/mol. The van der Waals surface area contributed by atoms with Crippen LogP contribution in [0.25, 0.3) is 10.9 Å². The van der Waals surface area contributed by atoms with E-state index in [1.807, 2.05) is 42.5 Å². The van der Waals surface area contributed by atoms with E-state index in [4.69, 9.17) is 9.15 Å². The van der Waals surface area contributed by atoms with Gasteiger partial charge in [0.15, 0.2) is 0 Å². The van der Waals surface area contributed by atoms with Gasteiger partial charge in [0.25, 0.3) is 5.69 Å². The summed E-state index contributed by atoms with van der Waals surface area (Å²) in [6.45, 7) is 0.931. The smallest absolute Gasteiger partial charge is 0.269 e. The second-order valence-corrected chi connectivity index (χ2v) is 9.04. The maximum atomic E-state index is 13.1. The lowest BCUT2D eigenvalue weighted by Gasteiger charge is -2.17. The van der Waals surface area contributed by atoms with Crippen LogP contribution in [-0.4, -0.2) is 22.5 Å². The van der Waals surface area contributed by atoms with Crippen molar-refractivity contribution in [3.8, 4) is 5.75 Å². The Hall–Kier alpha value is -4.85. The topological polar surface area (TPSA) is 99.5 Å². The van der Waals surface area contributed by atoms with Crippen molar-refractivity contribution in [3.63, 3.8) is 0 Å². The molecule has 38 heavy (non-hydrogen) atoms. The number of aromatic nitrogens is 1. The van der Waals surface area contributed by atoms with Crippen molar-refractivity contribution < 1.29 is 18.9 Å². The zero-order valence-electron chi connectivity index (χ0n) is 20.9. The Bertz CT molecular complexity index is 1540. The molecule has 0 bridgehead atoms. The Balaban J connectivity index is 1.50. The quantitative estimate of drug-likeness (QED) is 0.183. The highest BCUT2D eigenvalue weighted by molar-refractivity contribution is 5.87. The van der Waals surface area contributed by atoms with Crippen LogP contribution in [0.4, 0.5) is 5.69 Å². The maximum absolute atomic E-state index is 13.1. The maximum Gasteiger partial charge on any atom is 0.269 e. The van der Waals surface area contributed by atoms with E-state index in [2.05, 4.69) is 22.1 Å². The standard InChI is InChI=1S/C30H27N3O5/c1-37-24-14-8-21(9-15-24)19-32-20-28(26-6-2-3-7-29(26)32)27(22-10-12-23(13-11-22)33(35)36)17-30(34)31-18-25-5-4-16-38-25/h2-16,20,27H,17-19H2,1H3,(H,31,34)/t27-/m1/s1. The van der Waals surface area contributed by atoms with E-state index in [-0.39, 0.29) is 30.5 Å². The number of methoxy groups -OCH3 is 1. The molecule has 3 aromatic carbocycles. The second-order valence-electron chi connectivity index (χ2n) is 9.04. The third-order valence-electron chi connectivity index (χ3n) is 6.64. The lowest BCUT2D eigenvalue weighted by molar-refractivity contribution is -0.384. The van der Waals surface area contributed by atoms with Gasteiger partial charge in [-0.05, 0) is 47.0 Å². The first-order chi connectivity index (χ1) is 18.5. The van der Waals surface area contributed by atoms with E-state index in [0.29, 0.717) is 12.3 Å². The number of carbonyl (C=O) groups excluding carboxylic acids is 1. The Morgan fingerprint density at radius 1 is 1.03 bits per heavy atom. The van der Waals surface area contributed by atoms with E-state index in [1.165, 1.54) is 12.1 Å². The lowest BCUT2D eigenvalue weighted by Crippen LogP contribution is -2.24. The first-order valence-electron chi connectivity index (χ1n) is 12.3. The third kappa shape index (κ3) is 5.44. The molecule has 5 aromatic rings. The van der Waals surface area contributed by atoms with E-state index in [0.717, 1.165) is 33.3 Å². The largest absolute Gasteiger partial charge is 0.497 e. The minimum atomic E-state index is -0.421. The molecule has 8 heteroatoms. The number of furan rings is 1. The van der Waals surface area contributed by atoms with Gasteiger partial charge in [0.2, 0.25) is 5.91 Å². The van der Waals surface area contributed by atoms with Gasteiger partial charge in [0.1, 0.15) is 11.5 Å². The highest BCUT2D eigenvalue weighted by Crippen LogP contribution is 2.36. The monoisotopic (exact) mass is 509 g/mol. The number of fused-ring (bicyclic) bond motifs is 1. The van der Waals surface area contributed by atoms with Crippen LogP contribution in [0.5, 0.6) is 5.75 Å². The number of nitrogens with zero attached hydrogens (tertiary/aromatic N) is 2. The summed E-state index contributed by atoms with van der Waals surface area (Å²) in [4.78, 5) is 23.9. The molecule has 8 nitrogen and oxygen atoms in total. The molecule has 0 saturated carbocycles. The van der Waals surface area contributed by atoms with Crippen LogP contribution in [0.3, 0.4) is 0 Å². The molecule has 1 amide bonds. The molecule has 0 saturated heterocycles. The Labute approximate surface area is 219 Å². The fourth-order valence-corrected chi connectivity index (χ4v) is 4.70. The summed E-state index contributed by atoms with van der Waals surface area (Å²) in [5.74, 6) is 1.01. The number of hydrogen-bond donors (Lipinski definition) is 1. The molecular weight excluding hydrogens is 482 g/mol. The summed E-state index contributed by atoms with van der Waals surface area (Å²) in [5.41, 5.74) is 3.98. The minimum absolute atomic E-state index is 0.0108. The zero-order chi connectivity index (χ0) is 26.5. The lowest BCUT2D eigenvalue weighted by atomic mass is 9.88. The highest BCUT2D eigenvalue weighted by Gasteiger charge is 2.24. The first-order valence-corrected chi connectivity index (χ1v) is 12.3. The van der Waals surface area contributed by atoms with Gasteiger partial charge < -0.3 is 19.0 Å². The predicted octanol–water partition coefficient (Wildman–Crippen LogP) is 6.04. The number of nitro benzene ring substituents is 1. The molecule has 0 radical (unpaired) electrons. The van der Waals surface area contributed by atoms with Crippen LogP contribution in [0, 0.1) is 10.1 Å². The van der Waals surface area contributed by atoms with Crippen LogP contribution in [0.2, 0.25) is 0 Å². The molecule has 192 valence electrons. The Morgan fingerprint density at radius 2 is 1.79 bits per heavy atom. The number of benzene rings is 3. The van der Waals surface area contributed by atoms with E-state index in [1.54, 1.807) is 37.6 Å². The summed E-state index contributed by atoms with van der Waals surface area (Å²) in [6.07, 6.45) is 3.83. The summed E-state index contributed by atoms with van der Waals surface area (Å²) in [7, 11) is 1.64. The van der Waals surface area contributed by atoms with E-state index in [9.17, 15) is 14.9 Å². The number of nitrogens with one attached hydrogen (secondary N) is 1. The molecule has 0 aliphatic carbocycles. The summed E-state index contributed by atoms with van der Waals surface area (Å²) < 4.78 is 12.8. The van der Waals surface area contributed by atoms with Crippen LogP contribution in [0.15, 0.2) is 102 Å². The van der Waals surface area contributed by atoms with Crippen LogP contribution in [-0.2, 0) is 17.9 Å². The van der Waals surface area contributed by atoms with Crippen molar-refractivity contribution in [2.24, 2.45) is 0 Å². The molecule has 2 aromatic heterocycles. The number of rotatable bonds is 10. The van der Waals surface area contributed by atoms with Crippen molar-refractivity contribution in [2.75, 3.05) is 7.11 Å². The average molecular weight is 510 g/mol. The van der Waals surface area contributed by atoms with Gasteiger partial charge in [-0.15, -0.1) is 0 Å². The number of ether oxygens (including phenoxy) is 1. The van der Waals surface area contributed by atoms with Crippen LogP contribution >= 0.6 is 0 Å². The van der Waals surface area contributed by atoms with Crippen molar-refractivity contribution in [1.82, 2.24) is 9.88 Å². The van der Waals surface area contributed by atoms with E-state index >= 15 is 0 Å². The van der Waals surface area contributed by atoms with Gasteiger partial charge in [-0.2, -0.15) is 0 Å². The number of hydrogen-bond acceptors (Lipinski definition) is 5. The van der Waals surface area contributed by atoms with E-state index < -0.39 is 4.92 Å². The normalized spacial score (nSPS) is 11.8. The summed E-state index contributed by atoms with van der Waals surface area (Å²) >= 11 is 0. The molecule has 0 aliphatic rings. The molecule has 0 spiro atoms. The summed E-state index contributed by atoms with van der Waals surface area (Å²) in [6, 6.07) is 26.0. The minimum Gasteiger partial charge on any atom is -0.497 e. The Kier molecular flexibility index (Phi) is 7.21. The van der Waals surface area contributed by atoms with Gasteiger partial charge in [0.05, 0.1) is 24.8 Å². The van der Waals surface area contributed by atoms with Gasteiger partial charge in [-0.1, -0.05) is 42.5 Å². The second kappa shape index (κ2) is 11.0. The molecule has 0 fully saturated rings. The molecule has 1 atom stereocenters. The number of non-ortho nitro benzene ring substituents is 1. The molecule has 0 unspecified atom stereocenters. The number of para-hydroxylation sites is 1. The molecule has 2 heterocycles. The van der Waals surface area contributed by atoms with Gasteiger partial charge >= 0.3 is 0 Å². The van der Waals surface area contributed by atoms with Crippen molar-refractivity contribution in [2.45, 2.75) is 25.4 Å². The fraction of sp³-hybridized carbons (Fsp3) is 0.167. The van der Waals surface area contributed by atoms with Crippen molar-refractivity contribution >= 4 is 22.5 Å². The average Bonchev–Trinajstić information content (AvgIpc) is 3.60. The Morgan fingerprint density at radius 3 is 2.47 bits per heavy atom. The van der Waals surface area contributed by atoms with Crippen molar-refractivity contribution in [3.05, 3.63) is 130 Å². The number of nitro groups is 1. The number of carbonyl (C=O) groups is 1. The van der Waals surface area contributed by atoms with Gasteiger partial charge in [-0.3, -0.25) is 14.9 Å². The first kappa shape index (κ1) is 24.8. The molecule has 1 N–H and O–H groups in total. The fourth-order valence-electron chi connectivity index (χ4n) is 4.70. The molecule has 5 rings (SSSR count). The summed E-state index contributed by atoms with van der Waals surface area (Å²) in [5, 5.41) is 15.2. The van der Waals surface area contributed by atoms with Gasteiger partial charge in [-0.25, -0.2) is 0 Å². The molecular formula is C30H27N3O5. The zero-order valence-corrected chi connectivity index (χ0v) is 20.9. The molecule has 0 aliphatic heterocycles. The highest BCUT2D eigenvalue weighted by atomic mass is 16.6. The van der Waals surface area contributed by atoms with Gasteiger partial charge in [0, 0.05) is 48.1 Å². The third-order valence-corrected chi connectivity index (χ3v) is 6.64. The van der Waals surface area contributed by atoms with Crippen LogP contribution < -0.4 is 10.1 Å². The SMILES string of the molecule is COc1ccc(Cn2cc([C@H](CC(=O)NCc3ccco3)c3ccc([N+](=O)[O-])cc3)c3ccccc32)cc1. The van der Waals surface area contributed by atoms with Crippen molar-refractivity contribution in [1.29, 1.82) is 0 Å². The van der Waals surface area contributed by atoms with Crippen LogP contribution in [0.1, 0.15) is 34.8 Å².